The number of carbonyl (C=O) groups excluding carboxylic acids is 1. The van der Waals surface area contributed by atoms with Crippen LogP contribution in [0.4, 0.5) is 13.6 Å². The molecule has 0 bridgehead atoms. The van der Waals surface area contributed by atoms with Gasteiger partial charge in [-0.2, -0.15) is 10.1 Å². The Hall–Kier alpha value is -2.49. The molecule has 1 N–H and O–H groups in total. The van der Waals surface area contributed by atoms with Crippen LogP contribution >= 0.6 is 11.8 Å². The van der Waals surface area contributed by atoms with Crippen LogP contribution in [0.5, 0.6) is 0 Å². The largest absolute Gasteiger partial charge is 0.365 e. The summed E-state index contributed by atoms with van der Waals surface area (Å²) in [6, 6.07) is 12.1. The number of nitrogens with one attached hydrogen (secondary N) is 1. The molecule has 2 aromatic carbocycles. The molecule has 1 heterocycles. The zero-order valence-corrected chi connectivity index (χ0v) is 17.9. The number of hydrogen-bond donors (Lipinski definition) is 1. The topological polar surface area (TPSA) is 57.2 Å². The third-order valence-electron chi connectivity index (χ3n) is 4.85. The predicted molar refractivity (Wildman–Crippen MR) is 114 cm³/mol. The highest BCUT2D eigenvalue weighted by molar-refractivity contribution is 8.15. The Balaban J connectivity index is 2.13. The Labute approximate surface area is 178 Å². The second-order valence-electron chi connectivity index (χ2n) is 6.76. The van der Waals surface area contributed by atoms with Gasteiger partial charge in [-0.3, -0.25) is 4.84 Å². The minimum atomic E-state index is -0.934. The molecule has 0 saturated carbocycles. The van der Waals surface area contributed by atoms with Gasteiger partial charge in [-0.1, -0.05) is 42.1 Å². The first-order valence-corrected chi connectivity index (χ1v) is 10.3. The summed E-state index contributed by atoms with van der Waals surface area (Å²) >= 11 is 1.24. The number of amides is 2. The molecular weight excluding hydrogens is 410 g/mol. The summed E-state index contributed by atoms with van der Waals surface area (Å²) in [6.45, 7) is 0.723. The molecule has 9 heteroatoms. The molecule has 0 fully saturated rings. The number of nitrogens with zero attached hydrogens (tertiary/aromatic N) is 3. The maximum atomic E-state index is 14.5. The van der Waals surface area contributed by atoms with E-state index in [2.05, 4.69) is 10.4 Å². The van der Waals surface area contributed by atoms with Crippen molar-refractivity contribution in [3.63, 3.8) is 0 Å². The predicted octanol–water partition coefficient (Wildman–Crippen LogP) is 4.14. The van der Waals surface area contributed by atoms with Crippen molar-refractivity contribution in [3.8, 4) is 0 Å². The lowest BCUT2D eigenvalue weighted by Crippen LogP contribution is -2.47. The first-order valence-electron chi connectivity index (χ1n) is 9.48. The molecule has 1 aliphatic rings. The molecule has 1 aliphatic heterocycles. The van der Waals surface area contributed by atoms with E-state index in [0.717, 1.165) is 41.8 Å². The third kappa shape index (κ3) is 4.33. The molecule has 0 radical (unpaired) electrons. The van der Waals surface area contributed by atoms with Crippen molar-refractivity contribution in [1.82, 2.24) is 15.4 Å². The van der Waals surface area contributed by atoms with Gasteiger partial charge in [0.2, 0.25) is 0 Å². The van der Waals surface area contributed by atoms with Crippen LogP contribution in [0.2, 0.25) is 0 Å². The minimum absolute atomic E-state index is 0.0179. The summed E-state index contributed by atoms with van der Waals surface area (Å²) in [5, 5.41) is 10.2. The van der Waals surface area contributed by atoms with Crippen molar-refractivity contribution in [3.05, 3.63) is 71.3 Å². The smallest absolute Gasteiger partial charge is 0.320 e. The van der Waals surface area contributed by atoms with Crippen molar-refractivity contribution in [2.75, 3.05) is 27.7 Å². The van der Waals surface area contributed by atoms with Crippen molar-refractivity contribution in [2.45, 2.75) is 17.7 Å². The van der Waals surface area contributed by atoms with E-state index in [1.165, 1.54) is 30.9 Å². The number of rotatable bonds is 7. The van der Waals surface area contributed by atoms with Crippen LogP contribution in [0, 0.1) is 11.6 Å². The van der Waals surface area contributed by atoms with E-state index in [9.17, 15) is 13.6 Å². The number of urea groups is 1. The van der Waals surface area contributed by atoms with Gasteiger partial charge in [0.1, 0.15) is 21.5 Å². The van der Waals surface area contributed by atoms with Crippen LogP contribution in [0.15, 0.2) is 53.6 Å². The highest BCUT2D eigenvalue weighted by Crippen LogP contribution is 2.50. The van der Waals surface area contributed by atoms with Crippen LogP contribution in [0.25, 0.3) is 0 Å². The molecule has 2 amide bonds. The average Bonchev–Trinajstić information content (AvgIpc) is 3.15. The Morgan fingerprint density at radius 3 is 2.67 bits per heavy atom. The molecule has 160 valence electrons. The summed E-state index contributed by atoms with van der Waals surface area (Å²) in [4.78, 5) is 17.3. The number of thioether (sulfide) groups is 1. The molecule has 2 aromatic rings. The van der Waals surface area contributed by atoms with Crippen molar-refractivity contribution >= 4 is 22.8 Å². The highest BCUT2D eigenvalue weighted by Gasteiger charge is 2.49. The van der Waals surface area contributed by atoms with Gasteiger partial charge in [0.15, 0.2) is 0 Å². The summed E-state index contributed by atoms with van der Waals surface area (Å²) < 4.78 is 28.4. The third-order valence-corrected chi connectivity index (χ3v) is 6.29. The van der Waals surface area contributed by atoms with Crippen molar-refractivity contribution in [2.24, 2.45) is 5.10 Å². The highest BCUT2D eigenvalue weighted by atomic mass is 32.2. The fraction of sp³-hybridized carbons (Fsp3) is 0.333. The zero-order valence-electron chi connectivity index (χ0n) is 17.1. The molecule has 1 atom stereocenters. The Morgan fingerprint density at radius 2 is 2.00 bits per heavy atom. The minimum Gasteiger partial charge on any atom is -0.320 e. The van der Waals surface area contributed by atoms with E-state index in [1.54, 1.807) is 0 Å². The second kappa shape index (κ2) is 9.55. The number of hydroxylamine groups is 2. The quantitative estimate of drug-likeness (QED) is 0.526. The first kappa shape index (κ1) is 22.2. The summed E-state index contributed by atoms with van der Waals surface area (Å²) in [6.07, 6.45) is 1.27. The Bertz CT molecular complexity index is 928. The van der Waals surface area contributed by atoms with Gasteiger partial charge in [-0.15, -0.1) is 0 Å². The van der Waals surface area contributed by atoms with Gasteiger partial charge in [0, 0.05) is 12.6 Å². The fourth-order valence-electron chi connectivity index (χ4n) is 3.26. The molecule has 3 rings (SSSR count). The van der Waals surface area contributed by atoms with Gasteiger partial charge < -0.3 is 5.32 Å². The van der Waals surface area contributed by atoms with Gasteiger partial charge in [0.25, 0.3) is 0 Å². The van der Waals surface area contributed by atoms with Crippen LogP contribution < -0.4 is 5.32 Å². The first-order chi connectivity index (χ1) is 14.4. The van der Waals surface area contributed by atoms with E-state index in [-0.39, 0.29) is 10.6 Å². The number of hydrogen-bond acceptors (Lipinski definition) is 5. The molecule has 0 aromatic heterocycles. The molecule has 0 aliphatic carbocycles. The van der Waals surface area contributed by atoms with Crippen molar-refractivity contribution in [1.29, 1.82) is 0 Å². The molecular formula is C21H24F2N4O2S. The Morgan fingerprint density at radius 1 is 1.27 bits per heavy atom. The lowest BCUT2D eigenvalue weighted by Gasteiger charge is -2.37. The lowest BCUT2D eigenvalue weighted by atomic mass is 10.0. The number of halogens is 2. The number of benzene rings is 2. The average molecular weight is 435 g/mol. The lowest BCUT2D eigenvalue weighted by molar-refractivity contribution is -0.0805. The number of carbonyl (C=O) groups is 1. The van der Waals surface area contributed by atoms with Gasteiger partial charge in [0.05, 0.1) is 7.11 Å². The van der Waals surface area contributed by atoms with Gasteiger partial charge >= 0.3 is 6.03 Å². The molecule has 6 nitrogen and oxygen atoms in total. The van der Waals surface area contributed by atoms with E-state index in [4.69, 9.17) is 4.84 Å². The van der Waals surface area contributed by atoms with Crippen LogP contribution in [0.3, 0.4) is 0 Å². The van der Waals surface area contributed by atoms with Crippen LogP contribution in [-0.4, -0.2) is 48.9 Å². The standard InChI is InChI=1S/C21H24F2N4O2S/c1-24-13-7-12-21(15-8-5-4-6-9-15)27(20(28)26(2)29-3)25-19(30-21)17-14-16(22)10-11-18(17)23/h4-6,8-11,14,24H,7,12-13H2,1-3H3/t21-/m0/s1. The SMILES string of the molecule is CNCCC[C@@]1(c2ccccc2)SC(c2cc(F)ccc2F)=NN1C(=O)N(C)OC. The summed E-state index contributed by atoms with van der Waals surface area (Å²) in [7, 11) is 4.71. The monoisotopic (exact) mass is 434 g/mol. The molecule has 30 heavy (non-hydrogen) atoms. The molecule has 0 spiro atoms. The summed E-state index contributed by atoms with van der Waals surface area (Å²) in [5.41, 5.74) is 0.851. The van der Waals surface area contributed by atoms with Crippen LogP contribution in [-0.2, 0) is 9.71 Å². The zero-order chi connectivity index (χ0) is 21.7. The van der Waals surface area contributed by atoms with E-state index in [0.29, 0.717) is 6.42 Å². The maximum Gasteiger partial charge on any atom is 0.365 e. The molecule has 0 saturated heterocycles. The van der Waals surface area contributed by atoms with E-state index < -0.39 is 22.5 Å². The van der Waals surface area contributed by atoms with Crippen molar-refractivity contribution < 1.29 is 18.4 Å². The van der Waals surface area contributed by atoms with Gasteiger partial charge in [-0.05, 0) is 50.2 Å². The van der Waals surface area contributed by atoms with E-state index in [1.807, 2.05) is 37.4 Å². The number of hydrazone groups is 1. The van der Waals surface area contributed by atoms with Crippen LogP contribution in [0.1, 0.15) is 24.0 Å². The fourth-order valence-corrected chi connectivity index (χ4v) is 4.67. The van der Waals surface area contributed by atoms with E-state index >= 15 is 0 Å². The Kier molecular flexibility index (Phi) is 7.06. The normalized spacial score (nSPS) is 18.4. The molecule has 0 unspecified atom stereocenters. The van der Waals surface area contributed by atoms with Gasteiger partial charge in [-0.25, -0.2) is 18.6 Å². The summed E-state index contributed by atoms with van der Waals surface area (Å²) in [5.74, 6) is -1.18. The maximum absolute atomic E-state index is 14.5. The second-order valence-corrected chi connectivity index (χ2v) is 8.03.